The molecule has 0 aliphatic rings. The molecule has 0 bridgehead atoms. The number of hydrogen-bond donors (Lipinski definition) is 1. The quantitative estimate of drug-likeness (QED) is 0.873. The highest BCUT2D eigenvalue weighted by molar-refractivity contribution is 5.61. The standard InChI is InChI=1S/C18H25N3/c1-5-16-11-15(13-19-4)12-18(20-16)21(6-2)17-9-7-14(3)8-10-17/h7-12,19H,5-6,13H2,1-4H3. The second kappa shape index (κ2) is 7.23. The molecule has 2 aromatic rings. The van der Waals surface area contributed by atoms with Crippen LogP contribution in [0.5, 0.6) is 0 Å². The normalized spacial score (nSPS) is 10.7. The van der Waals surface area contributed by atoms with Crippen molar-refractivity contribution in [2.24, 2.45) is 0 Å². The Hall–Kier alpha value is -1.87. The number of benzene rings is 1. The van der Waals surface area contributed by atoms with Crippen LogP contribution in [0.1, 0.15) is 30.7 Å². The number of aromatic nitrogens is 1. The minimum Gasteiger partial charge on any atom is -0.327 e. The fourth-order valence-electron chi connectivity index (χ4n) is 2.46. The molecule has 0 spiro atoms. The van der Waals surface area contributed by atoms with E-state index in [-0.39, 0.29) is 0 Å². The fourth-order valence-corrected chi connectivity index (χ4v) is 2.46. The molecular formula is C18H25N3. The molecule has 0 radical (unpaired) electrons. The van der Waals surface area contributed by atoms with E-state index in [0.29, 0.717) is 0 Å². The van der Waals surface area contributed by atoms with Gasteiger partial charge in [-0.15, -0.1) is 0 Å². The first kappa shape index (κ1) is 15.5. The first-order chi connectivity index (χ1) is 10.2. The van der Waals surface area contributed by atoms with E-state index in [1.807, 2.05) is 7.05 Å². The number of nitrogens with one attached hydrogen (secondary N) is 1. The Kier molecular flexibility index (Phi) is 5.34. The van der Waals surface area contributed by atoms with Crippen LogP contribution in [0.2, 0.25) is 0 Å². The lowest BCUT2D eigenvalue weighted by Gasteiger charge is -2.23. The third-order valence-electron chi connectivity index (χ3n) is 3.61. The lowest BCUT2D eigenvalue weighted by molar-refractivity contribution is 0.809. The van der Waals surface area contributed by atoms with E-state index in [9.17, 15) is 0 Å². The third-order valence-corrected chi connectivity index (χ3v) is 3.61. The first-order valence-corrected chi connectivity index (χ1v) is 7.66. The monoisotopic (exact) mass is 283 g/mol. The van der Waals surface area contributed by atoms with Gasteiger partial charge in [0.2, 0.25) is 0 Å². The van der Waals surface area contributed by atoms with E-state index in [4.69, 9.17) is 4.98 Å². The van der Waals surface area contributed by atoms with Crippen molar-refractivity contribution in [2.45, 2.75) is 33.7 Å². The van der Waals surface area contributed by atoms with Gasteiger partial charge in [-0.1, -0.05) is 24.6 Å². The average Bonchev–Trinajstić information content (AvgIpc) is 2.50. The Balaban J connectivity index is 2.40. The van der Waals surface area contributed by atoms with E-state index in [1.165, 1.54) is 16.8 Å². The third kappa shape index (κ3) is 3.82. The molecule has 0 aliphatic heterocycles. The van der Waals surface area contributed by atoms with Crippen molar-refractivity contribution in [2.75, 3.05) is 18.5 Å². The van der Waals surface area contributed by atoms with Gasteiger partial charge in [0.15, 0.2) is 0 Å². The molecule has 0 atom stereocenters. The highest BCUT2D eigenvalue weighted by Crippen LogP contribution is 2.25. The van der Waals surface area contributed by atoms with Crippen molar-refractivity contribution in [3.8, 4) is 0 Å². The molecule has 3 heteroatoms. The van der Waals surface area contributed by atoms with Crippen molar-refractivity contribution in [1.29, 1.82) is 0 Å². The van der Waals surface area contributed by atoms with Gasteiger partial charge < -0.3 is 10.2 Å². The summed E-state index contributed by atoms with van der Waals surface area (Å²) in [5, 5.41) is 3.22. The predicted octanol–water partition coefficient (Wildman–Crippen LogP) is 3.83. The van der Waals surface area contributed by atoms with E-state index >= 15 is 0 Å². The van der Waals surface area contributed by atoms with Gasteiger partial charge in [-0.05, 0) is 57.1 Å². The number of rotatable bonds is 6. The van der Waals surface area contributed by atoms with E-state index in [2.05, 4.69) is 67.4 Å². The van der Waals surface area contributed by atoms with Crippen LogP contribution in [0.15, 0.2) is 36.4 Å². The van der Waals surface area contributed by atoms with Gasteiger partial charge in [0.05, 0.1) is 0 Å². The maximum atomic E-state index is 4.80. The number of hydrogen-bond acceptors (Lipinski definition) is 3. The van der Waals surface area contributed by atoms with Gasteiger partial charge in [-0.25, -0.2) is 4.98 Å². The zero-order valence-electron chi connectivity index (χ0n) is 13.5. The minimum atomic E-state index is 0.869. The van der Waals surface area contributed by atoms with Crippen molar-refractivity contribution in [3.63, 3.8) is 0 Å². The van der Waals surface area contributed by atoms with Crippen LogP contribution in [0, 0.1) is 6.92 Å². The molecule has 0 saturated carbocycles. The van der Waals surface area contributed by atoms with Crippen LogP contribution in [-0.2, 0) is 13.0 Å². The highest BCUT2D eigenvalue weighted by atomic mass is 15.2. The second-order valence-corrected chi connectivity index (χ2v) is 5.29. The number of pyridine rings is 1. The Bertz CT molecular complexity index is 576. The maximum Gasteiger partial charge on any atom is 0.133 e. The molecular weight excluding hydrogens is 258 g/mol. The molecule has 21 heavy (non-hydrogen) atoms. The molecule has 0 aliphatic carbocycles. The van der Waals surface area contributed by atoms with Crippen molar-refractivity contribution in [1.82, 2.24) is 10.3 Å². The lowest BCUT2D eigenvalue weighted by Crippen LogP contribution is -2.19. The van der Waals surface area contributed by atoms with Crippen molar-refractivity contribution < 1.29 is 0 Å². The summed E-state index contributed by atoms with van der Waals surface area (Å²) >= 11 is 0. The fraction of sp³-hybridized carbons (Fsp3) is 0.389. The minimum absolute atomic E-state index is 0.869. The zero-order chi connectivity index (χ0) is 15.2. The molecule has 2 rings (SSSR count). The maximum absolute atomic E-state index is 4.80. The second-order valence-electron chi connectivity index (χ2n) is 5.29. The molecule has 1 heterocycles. The highest BCUT2D eigenvalue weighted by Gasteiger charge is 2.10. The van der Waals surface area contributed by atoms with Crippen LogP contribution in [-0.4, -0.2) is 18.6 Å². The molecule has 0 fully saturated rings. The summed E-state index contributed by atoms with van der Waals surface area (Å²) in [5.41, 5.74) is 4.90. The van der Waals surface area contributed by atoms with Crippen LogP contribution in [0.4, 0.5) is 11.5 Å². The number of anilines is 2. The van der Waals surface area contributed by atoms with E-state index in [1.54, 1.807) is 0 Å². The van der Waals surface area contributed by atoms with Gasteiger partial charge in [-0.3, -0.25) is 0 Å². The smallest absolute Gasteiger partial charge is 0.133 e. The van der Waals surface area contributed by atoms with Gasteiger partial charge >= 0.3 is 0 Å². The Morgan fingerprint density at radius 2 is 1.81 bits per heavy atom. The van der Waals surface area contributed by atoms with Crippen LogP contribution in [0.3, 0.4) is 0 Å². The van der Waals surface area contributed by atoms with Crippen LogP contribution in [0.25, 0.3) is 0 Å². The van der Waals surface area contributed by atoms with Crippen molar-refractivity contribution in [3.05, 3.63) is 53.2 Å². The SMILES string of the molecule is CCc1cc(CNC)cc(N(CC)c2ccc(C)cc2)n1. The molecule has 0 unspecified atom stereocenters. The molecule has 112 valence electrons. The van der Waals surface area contributed by atoms with Gasteiger partial charge in [-0.2, -0.15) is 0 Å². The van der Waals surface area contributed by atoms with Crippen LogP contribution < -0.4 is 10.2 Å². The molecule has 1 aromatic carbocycles. The summed E-state index contributed by atoms with van der Waals surface area (Å²) in [4.78, 5) is 7.06. The topological polar surface area (TPSA) is 28.2 Å². The first-order valence-electron chi connectivity index (χ1n) is 7.66. The molecule has 3 nitrogen and oxygen atoms in total. The van der Waals surface area contributed by atoms with Gasteiger partial charge in [0, 0.05) is 24.5 Å². The summed E-state index contributed by atoms with van der Waals surface area (Å²) in [6.45, 7) is 8.20. The Morgan fingerprint density at radius 3 is 2.38 bits per heavy atom. The average molecular weight is 283 g/mol. The number of aryl methyl sites for hydroxylation is 2. The molecule has 0 amide bonds. The number of nitrogens with zero attached hydrogens (tertiary/aromatic N) is 2. The summed E-state index contributed by atoms with van der Waals surface area (Å²) in [6.07, 6.45) is 0.954. The molecule has 0 saturated heterocycles. The van der Waals surface area contributed by atoms with E-state index in [0.717, 1.165) is 31.0 Å². The lowest BCUT2D eigenvalue weighted by atomic mass is 10.1. The molecule has 1 N–H and O–H groups in total. The zero-order valence-corrected chi connectivity index (χ0v) is 13.5. The van der Waals surface area contributed by atoms with Crippen molar-refractivity contribution >= 4 is 11.5 Å². The molecule has 1 aromatic heterocycles. The summed E-state index contributed by atoms with van der Waals surface area (Å²) in [6, 6.07) is 13.0. The Morgan fingerprint density at radius 1 is 1.10 bits per heavy atom. The van der Waals surface area contributed by atoms with E-state index < -0.39 is 0 Å². The summed E-state index contributed by atoms with van der Waals surface area (Å²) in [7, 11) is 1.98. The predicted molar refractivity (Wildman–Crippen MR) is 90.2 cm³/mol. The van der Waals surface area contributed by atoms with Crippen LogP contribution >= 0.6 is 0 Å². The largest absolute Gasteiger partial charge is 0.327 e. The summed E-state index contributed by atoms with van der Waals surface area (Å²) in [5.74, 6) is 1.03. The van der Waals surface area contributed by atoms with Gasteiger partial charge in [0.25, 0.3) is 0 Å². The summed E-state index contributed by atoms with van der Waals surface area (Å²) < 4.78 is 0. The Labute approximate surface area is 128 Å². The van der Waals surface area contributed by atoms with Gasteiger partial charge in [0.1, 0.15) is 5.82 Å².